The Morgan fingerprint density at radius 2 is 2.11 bits per heavy atom. The minimum Gasteiger partial charge on any atom is -0.379 e. The minimum absolute atomic E-state index is 0.0600. The number of halogens is 3. The zero-order valence-corrected chi connectivity index (χ0v) is 15.0. The molecule has 1 unspecified atom stereocenters. The largest absolute Gasteiger partial charge is 0.406 e. The second-order valence-electron chi connectivity index (χ2n) is 7.04. The zero-order valence-electron chi connectivity index (χ0n) is 15.0. The highest BCUT2D eigenvalue weighted by atomic mass is 19.4. The van der Waals surface area contributed by atoms with E-state index < -0.39 is 24.7 Å². The van der Waals surface area contributed by atoms with Gasteiger partial charge < -0.3 is 14.5 Å². The molecule has 1 aromatic carbocycles. The van der Waals surface area contributed by atoms with Gasteiger partial charge in [-0.05, 0) is 37.0 Å². The molecule has 2 amide bonds. The van der Waals surface area contributed by atoms with E-state index in [0.717, 1.165) is 16.9 Å². The van der Waals surface area contributed by atoms with E-state index in [4.69, 9.17) is 4.74 Å². The van der Waals surface area contributed by atoms with E-state index in [9.17, 15) is 22.8 Å². The molecule has 1 atom stereocenters. The number of carbonyl (C=O) groups is 2. The molecule has 0 spiro atoms. The van der Waals surface area contributed by atoms with Crippen molar-refractivity contribution in [2.24, 2.45) is 0 Å². The average molecular weight is 384 g/mol. The van der Waals surface area contributed by atoms with Crippen molar-refractivity contribution in [3.63, 3.8) is 0 Å². The van der Waals surface area contributed by atoms with Crippen molar-refractivity contribution in [2.45, 2.75) is 44.4 Å². The molecule has 0 aromatic heterocycles. The second kappa shape index (κ2) is 8.29. The molecule has 0 bridgehead atoms. The molecule has 2 aliphatic rings. The number of amides is 2. The fourth-order valence-corrected chi connectivity index (χ4v) is 3.59. The van der Waals surface area contributed by atoms with Crippen molar-refractivity contribution in [1.82, 2.24) is 9.80 Å². The quantitative estimate of drug-likeness (QED) is 0.784. The number of hydrogen-bond acceptors (Lipinski definition) is 3. The fourth-order valence-electron chi connectivity index (χ4n) is 3.59. The summed E-state index contributed by atoms with van der Waals surface area (Å²) in [6, 6.07) is 5.94. The van der Waals surface area contributed by atoms with E-state index in [0.29, 0.717) is 39.0 Å². The van der Waals surface area contributed by atoms with Gasteiger partial charge >= 0.3 is 6.18 Å². The van der Waals surface area contributed by atoms with Crippen molar-refractivity contribution in [3.8, 4) is 0 Å². The Balaban J connectivity index is 1.78. The van der Waals surface area contributed by atoms with Crippen LogP contribution in [-0.4, -0.2) is 60.1 Å². The molecule has 2 aliphatic heterocycles. The van der Waals surface area contributed by atoms with E-state index in [1.807, 2.05) is 0 Å². The summed E-state index contributed by atoms with van der Waals surface area (Å²) in [5.41, 5.74) is 0.942. The molecule has 2 saturated heterocycles. The molecule has 0 radical (unpaired) electrons. The Kier molecular flexibility index (Phi) is 6.04. The molecule has 3 rings (SSSR count). The van der Waals surface area contributed by atoms with Crippen LogP contribution in [0.15, 0.2) is 24.3 Å². The summed E-state index contributed by atoms with van der Waals surface area (Å²) < 4.78 is 44.4. The highest BCUT2D eigenvalue weighted by Crippen LogP contribution is 2.24. The lowest BCUT2D eigenvalue weighted by atomic mass is 10.0. The van der Waals surface area contributed by atoms with Crippen LogP contribution in [0.4, 0.5) is 13.2 Å². The molecule has 2 fully saturated rings. The first-order chi connectivity index (χ1) is 12.8. The Bertz CT molecular complexity index is 687. The van der Waals surface area contributed by atoms with E-state index in [2.05, 4.69) is 0 Å². The number of likely N-dealkylation sites (tertiary alicyclic amines) is 1. The predicted molar refractivity (Wildman–Crippen MR) is 92.0 cm³/mol. The second-order valence-corrected chi connectivity index (χ2v) is 7.04. The highest BCUT2D eigenvalue weighted by molar-refractivity contribution is 5.94. The van der Waals surface area contributed by atoms with Crippen LogP contribution < -0.4 is 0 Å². The Morgan fingerprint density at radius 1 is 1.30 bits per heavy atom. The van der Waals surface area contributed by atoms with Crippen molar-refractivity contribution in [3.05, 3.63) is 35.4 Å². The molecule has 2 heterocycles. The zero-order chi connectivity index (χ0) is 19.4. The Morgan fingerprint density at radius 3 is 2.74 bits per heavy atom. The molecule has 5 nitrogen and oxygen atoms in total. The van der Waals surface area contributed by atoms with E-state index in [1.165, 1.54) is 6.07 Å². The maximum Gasteiger partial charge on any atom is 0.406 e. The van der Waals surface area contributed by atoms with Gasteiger partial charge in [0.25, 0.3) is 5.91 Å². The molecule has 0 saturated carbocycles. The lowest BCUT2D eigenvalue weighted by Crippen LogP contribution is -2.49. The minimum atomic E-state index is -4.48. The summed E-state index contributed by atoms with van der Waals surface area (Å²) >= 11 is 0. The molecular weight excluding hydrogens is 361 g/mol. The number of benzene rings is 1. The van der Waals surface area contributed by atoms with Crippen LogP contribution in [0.25, 0.3) is 0 Å². The monoisotopic (exact) mass is 384 g/mol. The lowest BCUT2D eigenvalue weighted by molar-refractivity contribution is -0.148. The van der Waals surface area contributed by atoms with Gasteiger partial charge in [-0.3, -0.25) is 9.59 Å². The number of ether oxygens (including phenoxy) is 1. The fraction of sp³-hybridized carbons (Fsp3) is 0.579. The van der Waals surface area contributed by atoms with Gasteiger partial charge in [0.1, 0.15) is 6.54 Å². The summed E-state index contributed by atoms with van der Waals surface area (Å²) in [6.45, 7) is 0.352. The predicted octanol–water partition coefficient (Wildman–Crippen LogP) is 2.99. The third kappa shape index (κ3) is 5.22. The van der Waals surface area contributed by atoms with Crippen LogP contribution in [0.2, 0.25) is 0 Å². The van der Waals surface area contributed by atoms with Crippen LogP contribution in [0, 0.1) is 0 Å². The maximum absolute atomic E-state index is 13.1. The van der Waals surface area contributed by atoms with E-state index in [1.54, 1.807) is 23.1 Å². The third-order valence-electron chi connectivity index (χ3n) is 4.91. The van der Waals surface area contributed by atoms with E-state index >= 15 is 0 Å². The Labute approximate surface area is 156 Å². The number of alkyl halides is 3. The molecule has 0 N–H and O–H groups in total. The summed E-state index contributed by atoms with van der Waals surface area (Å²) in [6.07, 6.45) is -2.04. The summed E-state index contributed by atoms with van der Waals surface area (Å²) in [5, 5.41) is 0. The van der Waals surface area contributed by atoms with Gasteiger partial charge in [0, 0.05) is 31.7 Å². The summed E-state index contributed by atoms with van der Waals surface area (Å²) in [5.74, 6) is -0.595. The highest BCUT2D eigenvalue weighted by Gasteiger charge is 2.37. The SMILES string of the molecule is O=C1CCCN1Cc1cccc(C(=O)N(CC(F)(F)F)C2CCCOC2)c1. The molecule has 1 aromatic rings. The molecular formula is C19H23F3N2O3. The first-order valence-electron chi connectivity index (χ1n) is 9.16. The van der Waals surface area contributed by atoms with Gasteiger partial charge in [0.15, 0.2) is 0 Å². The number of hydrogen-bond donors (Lipinski definition) is 0. The van der Waals surface area contributed by atoms with Crippen molar-refractivity contribution in [2.75, 3.05) is 26.3 Å². The molecule has 0 aliphatic carbocycles. The van der Waals surface area contributed by atoms with Crippen molar-refractivity contribution < 1.29 is 27.5 Å². The van der Waals surface area contributed by atoms with Gasteiger partial charge in [-0.1, -0.05) is 12.1 Å². The Hall–Kier alpha value is -2.09. The lowest BCUT2D eigenvalue weighted by Gasteiger charge is -2.34. The maximum atomic E-state index is 13.1. The topological polar surface area (TPSA) is 49.9 Å². The normalized spacial score (nSPS) is 20.8. The van der Waals surface area contributed by atoms with Gasteiger partial charge in [0.2, 0.25) is 5.91 Å². The van der Waals surface area contributed by atoms with Crippen LogP contribution in [0.3, 0.4) is 0 Å². The summed E-state index contributed by atoms with van der Waals surface area (Å²) in [7, 11) is 0. The van der Waals surface area contributed by atoms with Gasteiger partial charge in [0.05, 0.1) is 12.6 Å². The number of carbonyl (C=O) groups excluding carboxylic acids is 2. The van der Waals surface area contributed by atoms with E-state index in [-0.39, 0.29) is 18.1 Å². The molecule has 8 heteroatoms. The first-order valence-corrected chi connectivity index (χ1v) is 9.16. The summed E-state index contributed by atoms with van der Waals surface area (Å²) in [4.78, 5) is 27.2. The van der Waals surface area contributed by atoms with Crippen LogP contribution in [0.5, 0.6) is 0 Å². The van der Waals surface area contributed by atoms with Gasteiger partial charge in [-0.2, -0.15) is 13.2 Å². The molecule has 148 valence electrons. The average Bonchev–Trinajstić information content (AvgIpc) is 3.04. The van der Waals surface area contributed by atoms with Gasteiger partial charge in [-0.15, -0.1) is 0 Å². The molecule has 27 heavy (non-hydrogen) atoms. The smallest absolute Gasteiger partial charge is 0.379 e. The van der Waals surface area contributed by atoms with Crippen LogP contribution in [0.1, 0.15) is 41.6 Å². The van der Waals surface area contributed by atoms with Gasteiger partial charge in [-0.25, -0.2) is 0 Å². The number of rotatable bonds is 5. The van der Waals surface area contributed by atoms with Crippen LogP contribution in [-0.2, 0) is 16.1 Å². The first kappa shape index (κ1) is 19.7. The third-order valence-corrected chi connectivity index (χ3v) is 4.91. The number of nitrogens with zero attached hydrogens (tertiary/aromatic N) is 2. The van der Waals surface area contributed by atoms with Crippen LogP contribution >= 0.6 is 0 Å². The standard InChI is InChI=1S/C19H23F3N2O3/c20-19(21,22)13-24(16-6-3-9-27-12-16)18(26)15-5-1-4-14(10-15)11-23-8-2-7-17(23)25/h1,4-5,10,16H,2-3,6-9,11-13H2. The van der Waals surface area contributed by atoms with Crippen molar-refractivity contribution >= 4 is 11.8 Å². The van der Waals surface area contributed by atoms with Crippen molar-refractivity contribution in [1.29, 1.82) is 0 Å².